The van der Waals surface area contributed by atoms with E-state index in [2.05, 4.69) is 0 Å². The van der Waals surface area contributed by atoms with Gasteiger partial charge in [0.2, 0.25) is 11.8 Å². The highest BCUT2D eigenvalue weighted by Gasteiger charge is 2.47. The molecule has 1 aromatic heterocycles. The maximum absolute atomic E-state index is 12.4. The fraction of sp³-hybridized carbons (Fsp3) is 0.533. The lowest BCUT2D eigenvalue weighted by molar-refractivity contribution is -0.124. The van der Waals surface area contributed by atoms with Crippen molar-refractivity contribution in [3.05, 3.63) is 16.0 Å². The Balaban J connectivity index is 2.15. The molecule has 0 atom stereocenters. The van der Waals surface area contributed by atoms with Gasteiger partial charge >= 0.3 is 5.97 Å². The lowest BCUT2D eigenvalue weighted by Gasteiger charge is -2.17. The van der Waals surface area contributed by atoms with Crippen molar-refractivity contribution in [3.8, 4) is 0 Å². The van der Waals surface area contributed by atoms with Crippen molar-refractivity contribution in [2.24, 2.45) is 5.41 Å². The number of nitrogens with zero attached hydrogens (tertiary/aromatic N) is 1. The molecular weight excluding hydrogens is 290 g/mol. The SMILES string of the molecule is CC1(C)CC(=O)N(c2sc3c(c2C(=O)O)CCCC3)C1=O. The van der Waals surface area contributed by atoms with E-state index in [1.807, 2.05) is 0 Å². The molecule has 0 radical (unpaired) electrons. The fourth-order valence-corrected chi connectivity index (χ4v) is 4.48. The minimum atomic E-state index is -1.05. The van der Waals surface area contributed by atoms with Gasteiger partial charge in [0, 0.05) is 11.3 Å². The number of carbonyl (C=O) groups is 3. The van der Waals surface area contributed by atoms with E-state index in [4.69, 9.17) is 0 Å². The third kappa shape index (κ3) is 2.09. The van der Waals surface area contributed by atoms with Crippen LogP contribution in [-0.2, 0) is 22.4 Å². The quantitative estimate of drug-likeness (QED) is 0.852. The summed E-state index contributed by atoms with van der Waals surface area (Å²) in [6, 6.07) is 0. The monoisotopic (exact) mass is 307 g/mol. The molecule has 0 saturated carbocycles. The standard InChI is InChI=1S/C15H17NO4S/c1-15(2)7-10(17)16(14(15)20)12-11(13(18)19)8-5-3-4-6-9(8)21-12/h3-7H2,1-2H3,(H,18,19). The fourth-order valence-electron chi connectivity index (χ4n) is 3.08. The van der Waals surface area contributed by atoms with Crippen LogP contribution in [0.25, 0.3) is 0 Å². The van der Waals surface area contributed by atoms with Crippen LogP contribution in [0.2, 0.25) is 0 Å². The van der Waals surface area contributed by atoms with E-state index < -0.39 is 11.4 Å². The van der Waals surface area contributed by atoms with Crippen LogP contribution in [0.3, 0.4) is 0 Å². The molecule has 1 aromatic rings. The van der Waals surface area contributed by atoms with Crippen molar-refractivity contribution < 1.29 is 19.5 Å². The molecule has 1 fully saturated rings. The van der Waals surface area contributed by atoms with Gasteiger partial charge in [-0.1, -0.05) is 13.8 Å². The van der Waals surface area contributed by atoms with Gasteiger partial charge in [-0.05, 0) is 31.2 Å². The Labute approximate surface area is 126 Å². The molecule has 1 N–H and O–H groups in total. The number of hydrogen-bond donors (Lipinski definition) is 1. The number of carboxylic acid groups (broad SMARTS) is 1. The second-order valence-electron chi connectivity index (χ2n) is 6.29. The third-order valence-corrected chi connectivity index (χ3v) is 5.47. The first kappa shape index (κ1) is 14.3. The number of thiophene rings is 1. The van der Waals surface area contributed by atoms with E-state index in [9.17, 15) is 19.5 Å². The Bertz CT molecular complexity index is 659. The van der Waals surface area contributed by atoms with Gasteiger partial charge in [0.05, 0.1) is 11.0 Å². The number of carbonyl (C=O) groups excluding carboxylic acids is 2. The summed E-state index contributed by atoms with van der Waals surface area (Å²) in [6.07, 6.45) is 3.66. The Morgan fingerprint density at radius 1 is 1.24 bits per heavy atom. The molecular formula is C15H17NO4S. The zero-order chi connectivity index (χ0) is 15.4. The molecule has 2 amide bonds. The smallest absolute Gasteiger partial charge is 0.339 e. The van der Waals surface area contributed by atoms with E-state index in [-0.39, 0.29) is 23.8 Å². The number of amides is 2. The van der Waals surface area contributed by atoms with Gasteiger partial charge in [-0.2, -0.15) is 0 Å². The molecule has 3 rings (SSSR count). The van der Waals surface area contributed by atoms with Crippen molar-refractivity contribution in [1.29, 1.82) is 0 Å². The molecule has 0 bridgehead atoms. The maximum Gasteiger partial charge on any atom is 0.339 e. The average Bonchev–Trinajstić information content (AvgIpc) is 2.85. The molecule has 0 spiro atoms. The first-order chi connectivity index (χ1) is 9.83. The number of hydrogen-bond acceptors (Lipinski definition) is 4. The minimum absolute atomic E-state index is 0.132. The molecule has 0 aromatic carbocycles. The number of anilines is 1. The Morgan fingerprint density at radius 3 is 2.48 bits per heavy atom. The molecule has 1 saturated heterocycles. The highest BCUT2D eigenvalue weighted by molar-refractivity contribution is 7.17. The molecule has 6 heteroatoms. The largest absolute Gasteiger partial charge is 0.478 e. The van der Waals surface area contributed by atoms with Crippen LogP contribution in [0.15, 0.2) is 0 Å². The summed E-state index contributed by atoms with van der Waals surface area (Å²) in [7, 11) is 0. The van der Waals surface area contributed by atoms with Gasteiger partial charge < -0.3 is 5.11 Å². The molecule has 2 heterocycles. The van der Waals surface area contributed by atoms with E-state index in [0.717, 1.165) is 34.6 Å². The minimum Gasteiger partial charge on any atom is -0.478 e. The van der Waals surface area contributed by atoms with Crippen LogP contribution in [0.1, 0.15) is 53.9 Å². The summed E-state index contributed by atoms with van der Waals surface area (Å²) < 4.78 is 0. The highest BCUT2D eigenvalue weighted by Crippen LogP contribution is 2.44. The molecule has 112 valence electrons. The zero-order valence-electron chi connectivity index (χ0n) is 12.1. The first-order valence-electron chi connectivity index (χ1n) is 7.08. The van der Waals surface area contributed by atoms with Crippen molar-refractivity contribution >= 4 is 34.1 Å². The average molecular weight is 307 g/mol. The van der Waals surface area contributed by atoms with E-state index >= 15 is 0 Å². The maximum atomic E-state index is 12.4. The first-order valence-corrected chi connectivity index (χ1v) is 7.90. The summed E-state index contributed by atoms with van der Waals surface area (Å²) in [5.41, 5.74) is 0.227. The summed E-state index contributed by atoms with van der Waals surface area (Å²) in [5.74, 6) is -1.64. The molecule has 5 nitrogen and oxygen atoms in total. The normalized spacial score (nSPS) is 20.8. The number of aromatic carboxylic acids is 1. The predicted octanol–water partition coefficient (Wildman–Crippen LogP) is 2.61. The Kier molecular flexibility index (Phi) is 3.16. The predicted molar refractivity (Wildman–Crippen MR) is 78.8 cm³/mol. The highest BCUT2D eigenvalue weighted by atomic mass is 32.1. The van der Waals surface area contributed by atoms with Crippen LogP contribution in [-0.4, -0.2) is 22.9 Å². The van der Waals surface area contributed by atoms with Crippen LogP contribution in [0.5, 0.6) is 0 Å². The van der Waals surface area contributed by atoms with Crippen molar-refractivity contribution in [2.45, 2.75) is 46.0 Å². The van der Waals surface area contributed by atoms with Crippen LogP contribution < -0.4 is 4.90 Å². The molecule has 0 unspecified atom stereocenters. The van der Waals surface area contributed by atoms with Gasteiger partial charge in [0.1, 0.15) is 5.00 Å². The number of aryl methyl sites for hydroxylation is 1. The molecule has 2 aliphatic rings. The van der Waals surface area contributed by atoms with E-state index in [1.54, 1.807) is 13.8 Å². The lowest BCUT2D eigenvalue weighted by Crippen LogP contribution is -2.33. The molecule has 21 heavy (non-hydrogen) atoms. The second-order valence-corrected chi connectivity index (χ2v) is 7.37. The van der Waals surface area contributed by atoms with Crippen LogP contribution in [0.4, 0.5) is 5.00 Å². The number of imide groups is 1. The third-order valence-electron chi connectivity index (χ3n) is 4.19. The van der Waals surface area contributed by atoms with Gasteiger partial charge in [0.25, 0.3) is 0 Å². The van der Waals surface area contributed by atoms with Crippen molar-refractivity contribution in [2.75, 3.05) is 4.90 Å². The summed E-state index contributed by atoms with van der Waals surface area (Å²) >= 11 is 1.30. The Morgan fingerprint density at radius 2 is 1.90 bits per heavy atom. The van der Waals surface area contributed by atoms with Crippen molar-refractivity contribution in [1.82, 2.24) is 0 Å². The lowest BCUT2D eigenvalue weighted by atomic mass is 9.92. The zero-order valence-corrected chi connectivity index (χ0v) is 12.9. The van der Waals surface area contributed by atoms with Crippen LogP contribution >= 0.6 is 11.3 Å². The van der Waals surface area contributed by atoms with Crippen molar-refractivity contribution in [3.63, 3.8) is 0 Å². The van der Waals surface area contributed by atoms with Gasteiger partial charge in [0.15, 0.2) is 0 Å². The van der Waals surface area contributed by atoms with Gasteiger partial charge in [-0.25, -0.2) is 9.69 Å². The molecule has 1 aliphatic carbocycles. The topological polar surface area (TPSA) is 74.7 Å². The van der Waals surface area contributed by atoms with Gasteiger partial charge in [-0.15, -0.1) is 11.3 Å². The molecule has 1 aliphatic heterocycles. The van der Waals surface area contributed by atoms with E-state index in [1.165, 1.54) is 11.3 Å². The Hall–Kier alpha value is -1.69. The number of fused-ring (bicyclic) bond motifs is 1. The summed E-state index contributed by atoms with van der Waals surface area (Å²) in [4.78, 5) is 38.4. The summed E-state index contributed by atoms with van der Waals surface area (Å²) in [5, 5.41) is 9.85. The second kappa shape index (κ2) is 4.66. The number of carboxylic acids is 1. The summed E-state index contributed by atoms with van der Waals surface area (Å²) in [6.45, 7) is 3.45. The van der Waals surface area contributed by atoms with Crippen LogP contribution in [0, 0.1) is 5.41 Å². The van der Waals surface area contributed by atoms with E-state index in [0.29, 0.717) is 11.4 Å². The van der Waals surface area contributed by atoms with Gasteiger partial charge in [-0.3, -0.25) is 9.59 Å². The number of rotatable bonds is 2.